The molecule has 0 radical (unpaired) electrons. The van der Waals surface area contributed by atoms with Gasteiger partial charge in [-0.05, 0) is 26.3 Å². The first kappa shape index (κ1) is 13.6. The fraction of sp³-hybridized carbons (Fsp3) is 0.786. The molecule has 0 saturated carbocycles. The largest absolute Gasteiger partial charge is 0.378 e. The predicted molar refractivity (Wildman–Crippen MR) is 72.5 cm³/mol. The van der Waals surface area contributed by atoms with Crippen LogP contribution in [0.4, 0.5) is 0 Å². The van der Waals surface area contributed by atoms with Crippen molar-refractivity contribution in [1.82, 2.24) is 14.9 Å². The van der Waals surface area contributed by atoms with Crippen molar-refractivity contribution in [3.05, 3.63) is 18.2 Å². The first-order valence-corrected chi connectivity index (χ1v) is 7.01. The van der Waals surface area contributed by atoms with Crippen molar-refractivity contribution in [1.29, 1.82) is 0 Å². The van der Waals surface area contributed by atoms with E-state index < -0.39 is 0 Å². The lowest BCUT2D eigenvalue weighted by atomic mass is 9.88. The molecule has 18 heavy (non-hydrogen) atoms. The average molecular weight is 251 g/mol. The fourth-order valence-electron chi connectivity index (χ4n) is 3.04. The zero-order valence-corrected chi connectivity index (χ0v) is 11.7. The molecule has 1 aliphatic rings. The van der Waals surface area contributed by atoms with E-state index in [0.29, 0.717) is 18.1 Å². The van der Waals surface area contributed by atoms with E-state index >= 15 is 0 Å². The van der Waals surface area contributed by atoms with Crippen LogP contribution in [0.2, 0.25) is 0 Å². The molecule has 2 rings (SSSR count). The Kier molecular flexibility index (Phi) is 4.78. The molecule has 1 aromatic heterocycles. The monoisotopic (exact) mass is 251 g/mol. The third-order valence-electron chi connectivity index (χ3n) is 4.15. The minimum Gasteiger partial charge on any atom is -0.378 e. The van der Waals surface area contributed by atoms with Crippen molar-refractivity contribution in [2.45, 2.75) is 44.8 Å². The quantitative estimate of drug-likeness (QED) is 0.837. The van der Waals surface area contributed by atoms with E-state index in [4.69, 9.17) is 4.74 Å². The van der Waals surface area contributed by atoms with Crippen molar-refractivity contribution < 1.29 is 4.74 Å². The molecule has 1 N–H and O–H groups in total. The molecule has 0 amide bonds. The molecule has 3 unspecified atom stereocenters. The lowest BCUT2D eigenvalue weighted by Gasteiger charge is -2.26. The number of hydrogen-bond acceptors (Lipinski definition) is 3. The molecule has 4 nitrogen and oxygen atoms in total. The molecule has 4 heteroatoms. The maximum absolute atomic E-state index is 5.80. The summed E-state index contributed by atoms with van der Waals surface area (Å²) in [6.07, 6.45) is 8.78. The fourth-order valence-corrected chi connectivity index (χ4v) is 3.04. The molecule has 3 atom stereocenters. The van der Waals surface area contributed by atoms with Crippen LogP contribution in [0.5, 0.6) is 0 Å². The molecule has 1 aromatic rings. The van der Waals surface area contributed by atoms with E-state index in [2.05, 4.69) is 35.9 Å². The maximum atomic E-state index is 5.80. The highest BCUT2D eigenvalue weighted by atomic mass is 16.5. The standard InChI is InChI=1S/C14H25N3O/c1-4-13-11(7-10-18-13)12(15-2)5-6-14-16-8-9-17(14)3/h8-9,11-13,15H,4-7,10H2,1-3H3. The van der Waals surface area contributed by atoms with Gasteiger partial charge < -0.3 is 14.6 Å². The van der Waals surface area contributed by atoms with Gasteiger partial charge in [0, 0.05) is 44.4 Å². The van der Waals surface area contributed by atoms with Gasteiger partial charge in [0.1, 0.15) is 5.82 Å². The van der Waals surface area contributed by atoms with E-state index in [1.165, 1.54) is 12.2 Å². The van der Waals surface area contributed by atoms with Crippen molar-refractivity contribution in [3.63, 3.8) is 0 Å². The summed E-state index contributed by atoms with van der Waals surface area (Å²) in [6, 6.07) is 0.536. The summed E-state index contributed by atoms with van der Waals surface area (Å²) >= 11 is 0. The number of nitrogens with zero attached hydrogens (tertiary/aromatic N) is 2. The van der Waals surface area contributed by atoms with E-state index in [1.54, 1.807) is 0 Å². The highest BCUT2D eigenvalue weighted by Gasteiger charge is 2.32. The van der Waals surface area contributed by atoms with Crippen LogP contribution in [0.15, 0.2) is 12.4 Å². The molecule has 0 aliphatic carbocycles. The van der Waals surface area contributed by atoms with Crippen LogP contribution in [0.1, 0.15) is 32.0 Å². The summed E-state index contributed by atoms with van der Waals surface area (Å²) in [5.41, 5.74) is 0. The Morgan fingerprint density at radius 2 is 2.44 bits per heavy atom. The second-order valence-corrected chi connectivity index (χ2v) is 5.16. The Labute approximate surface area is 110 Å². The first-order chi connectivity index (χ1) is 8.76. The SMILES string of the molecule is CCC1OCCC1C(CCc1nccn1C)NC. The van der Waals surface area contributed by atoms with Crippen molar-refractivity contribution in [2.24, 2.45) is 13.0 Å². The number of hydrogen-bond donors (Lipinski definition) is 1. The number of rotatable bonds is 6. The van der Waals surface area contributed by atoms with Gasteiger partial charge in [-0.25, -0.2) is 4.98 Å². The number of nitrogens with one attached hydrogen (secondary N) is 1. The Morgan fingerprint density at radius 3 is 3.06 bits per heavy atom. The third kappa shape index (κ3) is 2.93. The van der Waals surface area contributed by atoms with E-state index in [9.17, 15) is 0 Å². The molecule has 2 heterocycles. The van der Waals surface area contributed by atoms with Crippen molar-refractivity contribution >= 4 is 0 Å². The van der Waals surface area contributed by atoms with E-state index in [0.717, 1.165) is 25.9 Å². The molecule has 0 aromatic carbocycles. The van der Waals surface area contributed by atoms with Gasteiger partial charge in [0.25, 0.3) is 0 Å². The van der Waals surface area contributed by atoms with Crippen LogP contribution in [-0.2, 0) is 18.2 Å². The number of ether oxygens (including phenoxy) is 1. The number of aryl methyl sites for hydroxylation is 2. The zero-order chi connectivity index (χ0) is 13.0. The van der Waals surface area contributed by atoms with E-state index in [1.807, 2.05) is 12.4 Å². The van der Waals surface area contributed by atoms with Crippen LogP contribution in [0.25, 0.3) is 0 Å². The Morgan fingerprint density at radius 1 is 1.61 bits per heavy atom. The van der Waals surface area contributed by atoms with Crippen LogP contribution in [0, 0.1) is 5.92 Å². The summed E-state index contributed by atoms with van der Waals surface area (Å²) in [7, 11) is 4.12. The Hall–Kier alpha value is -0.870. The molecule has 0 bridgehead atoms. The van der Waals surface area contributed by atoms with Gasteiger partial charge in [0.2, 0.25) is 0 Å². The smallest absolute Gasteiger partial charge is 0.108 e. The van der Waals surface area contributed by atoms with Gasteiger partial charge in [-0.3, -0.25) is 0 Å². The number of aromatic nitrogens is 2. The molecule has 0 spiro atoms. The summed E-state index contributed by atoms with van der Waals surface area (Å²) < 4.78 is 7.90. The maximum Gasteiger partial charge on any atom is 0.108 e. The predicted octanol–water partition coefficient (Wildman–Crippen LogP) is 1.76. The Bertz CT molecular complexity index is 364. The molecule has 1 aliphatic heterocycles. The van der Waals surface area contributed by atoms with Gasteiger partial charge in [-0.2, -0.15) is 0 Å². The Balaban J connectivity index is 1.91. The van der Waals surface area contributed by atoms with Crippen LogP contribution in [0.3, 0.4) is 0 Å². The second-order valence-electron chi connectivity index (χ2n) is 5.16. The lowest BCUT2D eigenvalue weighted by Crippen LogP contribution is -2.38. The molecule has 1 saturated heterocycles. The highest BCUT2D eigenvalue weighted by Crippen LogP contribution is 2.28. The highest BCUT2D eigenvalue weighted by molar-refractivity contribution is 4.94. The van der Waals surface area contributed by atoms with Gasteiger partial charge in [-0.1, -0.05) is 6.92 Å². The van der Waals surface area contributed by atoms with Gasteiger partial charge in [0.05, 0.1) is 6.10 Å². The van der Waals surface area contributed by atoms with Crippen LogP contribution < -0.4 is 5.32 Å². The van der Waals surface area contributed by atoms with Crippen LogP contribution >= 0.6 is 0 Å². The zero-order valence-electron chi connectivity index (χ0n) is 11.7. The summed E-state index contributed by atoms with van der Waals surface area (Å²) in [6.45, 7) is 3.14. The normalized spacial score (nSPS) is 25.5. The summed E-state index contributed by atoms with van der Waals surface area (Å²) in [5.74, 6) is 1.82. The minimum absolute atomic E-state index is 0.434. The lowest BCUT2D eigenvalue weighted by molar-refractivity contribution is 0.0773. The van der Waals surface area contributed by atoms with Gasteiger partial charge in [-0.15, -0.1) is 0 Å². The van der Waals surface area contributed by atoms with Crippen LogP contribution in [-0.4, -0.2) is 35.4 Å². The summed E-state index contributed by atoms with van der Waals surface area (Å²) in [5, 5.41) is 3.47. The second kappa shape index (κ2) is 6.34. The number of imidazole rings is 1. The average Bonchev–Trinajstić information content (AvgIpc) is 2.99. The molecular weight excluding hydrogens is 226 g/mol. The van der Waals surface area contributed by atoms with Gasteiger partial charge >= 0.3 is 0 Å². The van der Waals surface area contributed by atoms with Crippen molar-refractivity contribution in [3.8, 4) is 0 Å². The molecule has 1 fully saturated rings. The van der Waals surface area contributed by atoms with Gasteiger partial charge in [0.15, 0.2) is 0 Å². The minimum atomic E-state index is 0.434. The third-order valence-corrected chi connectivity index (χ3v) is 4.15. The first-order valence-electron chi connectivity index (χ1n) is 7.01. The molecular formula is C14H25N3O. The summed E-state index contributed by atoms with van der Waals surface area (Å²) in [4.78, 5) is 4.39. The van der Waals surface area contributed by atoms with E-state index in [-0.39, 0.29) is 0 Å². The topological polar surface area (TPSA) is 39.1 Å². The van der Waals surface area contributed by atoms with Crippen molar-refractivity contribution in [2.75, 3.05) is 13.7 Å². The molecule has 102 valence electrons.